The summed E-state index contributed by atoms with van der Waals surface area (Å²) >= 11 is 0. The van der Waals surface area contributed by atoms with Crippen molar-refractivity contribution in [3.63, 3.8) is 0 Å². The molecule has 0 saturated carbocycles. The number of ether oxygens (including phenoxy) is 1. The summed E-state index contributed by atoms with van der Waals surface area (Å²) in [6.45, 7) is 4.47. The molecule has 0 aromatic heterocycles. The second-order valence-electron chi connectivity index (χ2n) is 4.13. The van der Waals surface area contributed by atoms with Gasteiger partial charge in [0, 0.05) is 6.08 Å². The van der Waals surface area contributed by atoms with E-state index >= 15 is 0 Å². The van der Waals surface area contributed by atoms with Gasteiger partial charge in [-0.1, -0.05) is 36.8 Å². The Morgan fingerprint density at radius 3 is 2.17 bits per heavy atom. The van der Waals surface area contributed by atoms with Crippen LogP contribution in [-0.2, 0) is 9.53 Å². The highest BCUT2D eigenvalue weighted by Gasteiger charge is 1.94. The van der Waals surface area contributed by atoms with Gasteiger partial charge in [0.05, 0.1) is 6.61 Å². The fourth-order valence-corrected chi connectivity index (χ4v) is 1.49. The topological polar surface area (TPSA) is 26.3 Å². The van der Waals surface area contributed by atoms with E-state index in [1.54, 1.807) is 6.08 Å². The Labute approximate surface area is 111 Å². The van der Waals surface area contributed by atoms with Gasteiger partial charge in [0.25, 0.3) is 0 Å². The molecular formula is C16H26O2. The molecule has 0 aliphatic carbocycles. The SMILES string of the molecule is CC=CCCCCC/C=C/C(=O)OCC/C=C/C. The van der Waals surface area contributed by atoms with Crippen molar-refractivity contribution in [2.75, 3.05) is 6.61 Å². The van der Waals surface area contributed by atoms with Crippen LogP contribution in [0.3, 0.4) is 0 Å². The lowest BCUT2D eigenvalue weighted by atomic mass is 10.1. The molecule has 0 heterocycles. The highest BCUT2D eigenvalue weighted by Crippen LogP contribution is 2.04. The van der Waals surface area contributed by atoms with Crippen LogP contribution >= 0.6 is 0 Å². The predicted molar refractivity (Wildman–Crippen MR) is 77.4 cm³/mol. The number of rotatable bonds is 10. The maximum atomic E-state index is 11.2. The first-order valence-corrected chi connectivity index (χ1v) is 6.87. The van der Waals surface area contributed by atoms with Crippen LogP contribution in [0, 0.1) is 0 Å². The summed E-state index contributed by atoms with van der Waals surface area (Å²) in [5, 5.41) is 0. The molecule has 0 saturated heterocycles. The molecule has 0 N–H and O–H groups in total. The average Bonchev–Trinajstić information content (AvgIpc) is 2.38. The number of allylic oxidation sites excluding steroid dienone is 4. The van der Waals surface area contributed by atoms with Crippen LogP contribution < -0.4 is 0 Å². The highest BCUT2D eigenvalue weighted by molar-refractivity contribution is 5.81. The summed E-state index contributed by atoms with van der Waals surface area (Å²) < 4.78 is 5.02. The molecule has 0 radical (unpaired) electrons. The van der Waals surface area contributed by atoms with Gasteiger partial charge < -0.3 is 4.74 Å². The molecule has 102 valence electrons. The molecule has 0 aliphatic rings. The highest BCUT2D eigenvalue weighted by atomic mass is 16.5. The van der Waals surface area contributed by atoms with E-state index in [2.05, 4.69) is 12.2 Å². The first-order valence-electron chi connectivity index (χ1n) is 6.87. The van der Waals surface area contributed by atoms with Crippen LogP contribution in [0.2, 0.25) is 0 Å². The first kappa shape index (κ1) is 16.7. The Morgan fingerprint density at radius 2 is 1.50 bits per heavy atom. The van der Waals surface area contributed by atoms with E-state index in [1.807, 2.05) is 32.1 Å². The third-order valence-corrected chi connectivity index (χ3v) is 2.50. The summed E-state index contributed by atoms with van der Waals surface area (Å²) in [5.74, 6) is -0.228. The molecule has 0 spiro atoms. The Morgan fingerprint density at radius 1 is 0.889 bits per heavy atom. The van der Waals surface area contributed by atoms with Crippen molar-refractivity contribution in [3.05, 3.63) is 36.5 Å². The minimum Gasteiger partial charge on any atom is -0.462 e. The summed E-state index contributed by atoms with van der Waals surface area (Å²) in [6, 6.07) is 0. The molecule has 0 unspecified atom stereocenters. The zero-order chi connectivity index (χ0) is 13.5. The Balaban J connectivity index is 3.37. The summed E-state index contributed by atoms with van der Waals surface area (Å²) in [5.41, 5.74) is 0. The van der Waals surface area contributed by atoms with Crippen LogP contribution in [0.15, 0.2) is 36.5 Å². The van der Waals surface area contributed by atoms with Crippen LogP contribution in [0.5, 0.6) is 0 Å². The molecule has 2 nitrogen and oxygen atoms in total. The van der Waals surface area contributed by atoms with Crippen molar-refractivity contribution < 1.29 is 9.53 Å². The third kappa shape index (κ3) is 12.8. The maximum absolute atomic E-state index is 11.2. The molecule has 0 atom stereocenters. The van der Waals surface area contributed by atoms with Gasteiger partial charge in [-0.15, -0.1) is 0 Å². The van der Waals surface area contributed by atoms with E-state index in [0.29, 0.717) is 6.61 Å². The third-order valence-electron chi connectivity index (χ3n) is 2.50. The van der Waals surface area contributed by atoms with Gasteiger partial charge >= 0.3 is 5.97 Å². The Hall–Kier alpha value is -1.31. The molecule has 0 amide bonds. The lowest BCUT2D eigenvalue weighted by molar-refractivity contribution is -0.137. The number of hydrogen-bond acceptors (Lipinski definition) is 2. The van der Waals surface area contributed by atoms with Crippen LogP contribution in [0.1, 0.15) is 52.4 Å². The van der Waals surface area contributed by atoms with Gasteiger partial charge in [-0.25, -0.2) is 4.79 Å². The van der Waals surface area contributed by atoms with Gasteiger partial charge in [-0.3, -0.25) is 0 Å². The van der Waals surface area contributed by atoms with Crippen molar-refractivity contribution >= 4 is 5.97 Å². The molecule has 0 bridgehead atoms. The molecule has 0 rings (SSSR count). The predicted octanol–water partition coefficient (Wildman–Crippen LogP) is 4.58. The van der Waals surface area contributed by atoms with E-state index in [9.17, 15) is 4.79 Å². The number of hydrogen-bond donors (Lipinski definition) is 0. The van der Waals surface area contributed by atoms with E-state index in [-0.39, 0.29) is 5.97 Å². The van der Waals surface area contributed by atoms with Crippen molar-refractivity contribution in [2.45, 2.75) is 52.4 Å². The quantitative estimate of drug-likeness (QED) is 0.245. The number of unbranched alkanes of at least 4 members (excludes halogenated alkanes) is 4. The van der Waals surface area contributed by atoms with Gasteiger partial charge in [0.15, 0.2) is 0 Å². The summed E-state index contributed by atoms with van der Waals surface area (Å²) in [6.07, 6.45) is 18.2. The van der Waals surface area contributed by atoms with E-state index < -0.39 is 0 Å². The largest absolute Gasteiger partial charge is 0.462 e. The van der Waals surface area contributed by atoms with Gasteiger partial charge in [0.2, 0.25) is 0 Å². The van der Waals surface area contributed by atoms with Crippen LogP contribution in [-0.4, -0.2) is 12.6 Å². The fourth-order valence-electron chi connectivity index (χ4n) is 1.49. The van der Waals surface area contributed by atoms with E-state index in [4.69, 9.17) is 4.74 Å². The number of esters is 1. The lowest BCUT2D eigenvalue weighted by Gasteiger charge is -1.98. The molecular weight excluding hydrogens is 224 g/mol. The minimum absolute atomic E-state index is 0.228. The molecule has 0 aliphatic heterocycles. The summed E-state index contributed by atoms with van der Waals surface area (Å²) in [7, 11) is 0. The van der Waals surface area contributed by atoms with Crippen molar-refractivity contribution in [3.8, 4) is 0 Å². The monoisotopic (exact) mass is 250 g/mol. The second-order valence-corrected chi connectivity index (χ2v) is 4.13. The van der Waals surface area contributed by atoms with E-state index in [1.165, 1.54) is 12.8 Å². The average molecular weight is 250 g/mol. The smallest absolute Gasteiger partial charge is 0.330 e. The molecule has 0 aromatic carbocycles. The Bertz CT molecular complexity index is 275. The standard InChI is InChI=1S/C16H26O2/c1-3-5-7-8-9-10-11-12-14-16(17)18-15-13-6-4-2/h3-6,12,14H,7-11,13,15H2,1-2H3/b5-3?,6-4+,14-12+. The van der Waals surface area contributed by atoms with Crippen molar-refractivity contribution in [1.82, 2.24) is 0 Å². The number of carbonyl (C=O) groups is 1. The lowest BCUT2D eigenvalue weighted by Crippen LogP contribution is -2.01. The molecule has 2 heteroatoms. The van der Waals surface area contributed by atoms with Crippen LogP contribution in [0.25, 0.3) is 0 Å². The van der Waals surface area contributed by atoms with Crippen molar-refractivity contribution in [1.29, 1.82) is 0 Å². The van der Waals surface area contributed by atoms with Crippen molar-refractivity contribution in [2.24, 2.45) is 0 Å². The normalized spacial score (nSPS) is 11.9. The maximum Gasteiger partial charge on any atom is 0.330 e. The molecule has 0 aromatic rings. The Kier molecular flexibility index (Phi) is 12.8. The zero-order valence-electron chi connectivity index (χ0n) is 11.7. The molecule has 18 heavy (non-hydrogen) atoms. The second kappa shape index (κ2) is 13.8. The number of carbonyl (C=O) groups excluding carboxylic acids is 1. The first-order chi connectivity index (χ1) is 8.81. The van der Waals surface area contributed by atoms with Crippen LogP contribution in [0.4, 0.5) is 0 Å². The van der Waals surface area contributed by atoms with E-state index in [0.717, 1.165) is 25.7 Å². The molecule has 0 fully saturated rings. The zero-order valence-corrected chi connectivity index (χ0v) is 11.7. The van der Waals surface area contributed by atoms with Gasteiger partial charge in [0.1, 0.15) is 0 Å². The summed E-state index contributed by atoms with van der Waals surface area (Å²) in [4.78, 5) is 11.2. The van der Waals surface area contributed by atoms with Gasteiger partial charge in [-0.2, -0.15) is 0 Å². The fraction of sp³-hybridized carbons (Fsp3) is 0.562. The minimum atomic E-state index is -0.228. The van der Waals surface area contributed by atoms with Gasteiger partial charge in [-0.05, 0) is 46.0 Å².